The summed E-state index contributed by atoms with van der Waals surface area (Å²) in [7, 11) is -1.81. The van der Waals surface area contributed by atoms with E-state index in [2.05, 4.69) is 20.6 Å². The van der Waals surface area contributed by atoms with Crippen molar-refractivity contribution < 1.29 is 24.4 Å². The maximum absolute atomic E-state index is 12.6. The Labute approximate surface area is 169 Å². The van der Waals surface area contributed by atoms with Gasteiger partial charge in [0.05, 0.1) is 25.4 Å². The van der Waals surface area contributed by atoms with Crippen molar-refractivity contribution in [2.24, 2.45) is 0 Å². The first-order valence-corrected chi connectivity index (χ1v) is 9.36. The first kappa shape index (κ1) is 22.5. The summed E-state index contributed by atoms with van der Waals surface area (Å²) in [5, 5.41) is 24.3. The Morgan fingerprint density at radius 3 is 2.55 bits per heavy atom. The summed E-state index contributed by atoms with van der Waals surface area (Å²) in [6, 6.07) is 8.52. The number of hydrogen-bond acceptors (Lipinski definition) is 7. The lowest BCUT2D eigenvalue weighted by Crippen LogP contribution is -2.55. The van der Waals surface area contributed by atoms with Gasteiger partial charge in [0.2, 0.25) is 5.91 Å². The Bertz CT molecular complexity index is 764. The number of hydrogen-bond donors (Lipinski definition) is 4. The summed E-state index contributed by atoms with van der Waals surface area (Å²) in [5.41, 5.74) is 1.01. The highest BCUT2D eigenvalue weighted by Gasteiger charge is 2.29. The number of rotatable bonds is 11. The van der Waals surface area contributed by atoms with Gasteiger partial charge >= 0.3 is 7.12 Å². The van der Waals surface area contributed by atoms with E-state index in [-0.39, 0.29) is 18.9 Å². The molecule has 0 saturated heterocycles. The van der Waals surface area contributed by atoms with E-state index >= 15 is 0 Å². The standard InChI is InChI=1S/C19H25BN4O5/c1-2-6-15(23-19(26)16-11-21-9-10-22-16)18(25)24-17(20(27)28)13-29-12-14-7-4-3-5-8-14/h3-5,7-11,15,17,27-28H,2,6,12-13H2,1H3,(H,23,26)(H,24,25)/t15-,17+/m1/s1. The highest BCUT2D eigenvalue weighted by Crippen LogP contribution is 2.04. The number of benzene rings is 1. The number of amides is 2. The molecule has 0 saturated carbocycles. The smallest absolute Gasteiger partial charge is 0.426 e. The van der Waals surface area contributed by atoms with E-state index in [1.807, 2.05) is 37.3 Å². The monoisotopic (exact) mass is 400 g/mol. The third-order valence-electron chi connectivity index (χ3n) is 4.09. The predicted octanol–water partition coefficient (Wildman–Crippen LogP) is 0.0887. The van der Waals surface area contributed by atoms with Crippen molar-refractivity contribution in [3.63, 3.8) is 0 Å². The summed E-state index contributed by atoms with van der Waals surface area (Å²) >= 11 is 0. The van der Waals surface area contributed by atoms with Crippen molar-refractivity contribution in [2.45, 2.75) is 38.4 Å². The minimum Gasteiger partial charge on any atom is -0.426 e. The van der Waals surface area contributed by atoms with Gasteiger partial charge in [0.1, 0.15) is 11.7 Å². The minimum atomic E-state index is -1.81. The molecule has 10 heteroatoms. The predicted molar refractivity (Wildman–Crippen MR) is 106 cm³/mol. The Morgan fingerprint density at radius 1 is 1.17 bits per heavy atom. The van der Waals surface area contributed by atoms with Crippen molar-refractivity contribution in [3.05, 3.63) is 60.2 Å². The molecule has 0 aliphatic heterocycles. The van der Waals surface area contributed by atoms with Crippen LogP contribution in [-0.2, 0) is 16.1 Å². The molecule has 0 radical (unpaired) electrons. The van der Waals surface area contributed by atoms with E-state index in [0.717, 1.165) is 5.56 Å². The van der Waals surface area contributed by atoms with Crippen LogP contribution in [-0.4, -0.2) is 57.5 Å². The molecule has 4 N–H and O–H groups in total. The van der Waals surface area contributed by atoms with Gasteiger partial charge in [0, 0.05) is 12.4 Å². The van der Waals surface area contributed by atoms with E-state index in [1.165, 1.54) is 18.6 Å². The lowest BCUT2D eigenvalue weighted by Gasteiger charge is -2.22. The molecule has 0 fully saturated rings. The molecular formula is C19H25BN4O5. The highest BCUT2D eigenvalue weighted by atomic mass is 16.5. The molecule has 29 heavy (non-hydrogen) atoms. The summed E-state index contributed by atoms with van der Waals surface area (Å²) in [5.74, 6) is -2.11. The van der Waals surface area contributed by atoms with Crippen molar-refractivity contribution >= 4 is 18.9 Å². The Balaban J connectivity index is 1.92. The van der Waals surface area contributed by atoms with Gasteiger partial charge < -0.3 is 25.4 Å². The molecule has 2 aromatic rings. The number of ether oxygens (including phenoxy) is 1. The molecule has 1 aromatic carbocycles. The van der Waals surface area contributed by atoms with Gasteiger partial charge in [-0.1, -0.05) is 43.7 Å². The quantitative estimate of drug-likeness (QED) is 0.393. The van der Waals surface area contributed by atoms with E-state index in [0.29, 0.717) is 12.8 Å². The number of aromatic nitrogens is 2. The molecule has 1 aromatic heterocycles. The van der Waals surface area contributed by atoms with Gasteiger partial charge in [0.15, 0.2) is 0 Å². The van der Waals surface area contributed by atoms with Crippen LogP contribution in [0.15, 0.2) is 48.9 Å². The largest absolute Gasteiger partial charge is 0.477 e. The molecule has 0 aliphatic rings. The van der Waals surface area contributed by atoms with Crippen LogP contribution in [0.4, 0.5) is 0 Å². The number of nitrogens with zero attached hydrogens (tertiary/aromatic N) is 2. The van der Waals surface area contributed by atoms with Crippen LogP contribution >= 0.6 is 0 Å². The Hall–Kier alpha value is -2.82. The zero-order valence-corrected chi connectivity index (χ0v) is 16.2. The zero-order chi connectivity index (χ0) is 21.1. The molecule has 0 aliphatic carbocycles. The second kappa shape index (κ2) is 11.9. The van der Waals surface area contributed by atoms with E-state index in [4.69, 9.17) is 4.74 Å². The van der Waals surface area contributed by atoms with Gasteiger partial charge in [-0.05, 0) is 12.0 Å². The molecule has 2 rings (SSSR count). The number of carbonyl (C=O) groups is 2. The topological polar surface area (TPSA) is 134 Å². The average molecular weight is 400 g/mol. The first-order chi connectivity index (χ1) is 14.0. The fourth-order valence-electron chi connectivity index (χ4n) is 2.57. The first-order valence-electron chi connectivity index (χ1n) is 9.36. The SMILES string of the molecule is CCC[C@@H](NC(=O)c1cnccn1)C(=O)N[C@@H](COCc1ccccc1)B(O)O. The number of nitrogens with one attached hydrogen (secondary N) is 2. The molecule has 0 unspecified atom stereocenters. The van der Waals surface area contributed by atoms with Crippen LogP contribution in [0.1, 0.15) is 35.8 Å². The second-order valence-corrected chi connectivity index (χ2v) is 6.43. The molecule has 2 atom stereocenters. The minimum absolute atomic E-state index is 0.0892. The van der Waals surface area contributed by atoms with E-state index in [9.17, 15) is 19.6 Å². The molecule has 2 amide bonds. The van der Waals surface area contributed by atoms with Gasteiger partial charge in [-0.2, -0.15) is 0 Å². The third kappa shape index (κ3) is 7.61. The zero-order valence-electron chi connectivity index (χ0n) is 16.2. The average Bonchev–Trinajstić information content (AvgIpc) is 2.73. The fraction of sp³-hybridized carbons (Fsp3) is 0.368. The van der Waals surface area contributed by atoms with Crippen LogP contribution in [0.2, 0.25) is 0 Å². The van der Waals surface area contributed by atoms with Gasteiger partial charge in [-0.25, -0.2) is 4.98 Å². The molecule has 154 valence electrons. The van der Waals surface area contributed by atoms with E-state index < -0.39 is 30.9 Å². The lowest BCUT2D eigenvalue weighted by atomic mass is 9.80. The van der Waals surface area contributed by atoms with Crippen molar-refractivity contribution in [3.8, 4) is 0 Å². The summed E-state index contributed by atoms with van der Waals surface area (Å²) in [6.07, 6.45) is 5.13. The molecule has 9 nitrogen and oxygen atoms in total. The molecular weight excluding hydrogens is 375 g/mol. The van der Waals surface area contributed by atoms with E-state index in [1.54, 1.807) is 0 Å². The third-order valence-corrected chi connectivity index (χ3v) is 4.09. The Morgan fingerprint density at radius 2 is 1.93 bits per heavy atom. The van der Waals surface area contributed by atoms with Gasteiger partial charge in [-0.3, -0.25) is 14.6 Å². The summed E-state index contributed by atoms with van der Waals surface area (Å²) in [4.78, 5) is 32.6. The van der Waals surface area contributed by atoms with Crippen molar-refractivity contribution in [2.75, 3.05) is 6.61 Å². The van der Waals surface area contributed by atoms with Gasteiger partial charge in [-0.15, -0.1) is 0 Å². The molecule has 1 heterocycles. The van der Waals surface area contributed by atoms with Crippen LogP contribution in [0.5, 0.6) is 0 Å². The maximum atomic E-state index is 12.6. The molecule has 0 spiro atoms. The van der Waals surface area contributed by atoms with Gasteiger partial charge in [0.25, 0.3) is 5.91 Å². The summed E-state index contributed by atoms with van der Waals surface area (Å²) in [6.45, 7) is 2.03. The van der Waals surface area contributed by atoms with Crippen LogP contribution < -0.4 is 10.6 Å². The fourth-order valence-corrected chi connectivity index (χ4v) is 2.57. The molecule has 0 bridgehead atoms. The van der Waals surface area contributed by atoms with Crippen LogP contribution in [0.25, 0.3) is 0 Å². The lowest BCUT2D eigenvalue weighted by molar-refractivity contribution is -0.124. The van der Waals surface area contributed by atoms with Crippen LogP contribution in [0.3, 0.4) is 0 Å². The summed E-state index contributed by atoms with van der Waals surface area (Å²) < 4.78 is 5.49. The maximum Gasteiger partial charge on any atom is 0.477 e. The van der Waals surface area contributed by atoms with Crippen molar-refractivity contribution in [1.82, 2.24) is 20.6 Å². The highest BCUT2D eigenvalue weighted by molar-refractivity contribution is 6.43. The normalized spacial score (nSPS) is 12.7. The van der Waals surface area contributed by atoms with Crippen LogP contribution in [0, 0.1) is 0 Å². The number of carbonyl (C=O) groups excluding carboxylic acids is 2. The Kier molecular flexibility index (Phi) is 9.22. The second-order valence-electron chi connectivity index (χ2n) is 6.43. The van der Waals surface area contributed by atoms with Crippen molar-refractivity contribution in [1.29, 1.82) is 0 Å².